The Morgan fingerprint density at radius 2 is 1.81 bits per heavy atom. The van der Waals surface area contributed by atoms with Crippen LogP contribution in [-0.4, -0.2) is 15.4 Å². The van der Waals surface area contributed by atoms with E-state index in [-0.39, 0.29) is 11.4 Å². The Morgan fingerprint density at radius 3 is 2.43 bits per heavy atom. The van der Waals surface area contributed by atoms with Gasteiger partial charge >= 0.3 is 5.69 Å². The van der Waals surface area contributed by atoms with E-state index in [2.05, 4.69) is 0 Å². The van der Waals surface area contributed by atoms with E-state index in [0.29, 0.717) is 25.1 Å². The number of benzene rings is 1. The number of imidazole rings is 1. The number of hydrogen-bond donors (Lipinski definition) is 0. The van der Waals surface area contributed by atoms with Crippen LogP contribution < -0.4 is 5.69 Å². The molecule has 0 saturated heterocycles. The topological polar surface area (TPSA) is 57.1 Å². The lowest BCUT2D eigenvalue weighted by Gasteiger charge is -2.00. The second kappa shape index (κ2) is 5.44. The second-order valence-corrected chi connectivity index (χ2v) is 4.93. The zero-order chi connectivity index (χ0) is 14.8. The van der Waals surface area contributed by atoms with E-state index in [1.165, 1.54) is 0 Å². The number of nitrogens with zero attached hydrogens (tertiary/aromatic N) is 2. The third kappa shape index (κ3) is 2.31. The Labute approximate surface area is 121 Å². The van der Waals surface area contributed by atoms with Gasteiger partial charge in [-0.3, -0.25) is 13.9 Å². The maximum Gasteiger partial charge on any atom is 0.329 e. The summed E-state index contributed by atoms with van der Waals surface area (Å²) in [5.74, 6) is 0.869. The van der Waals surface area contributed by atoms with Crippen LogP contribution in [0.5, 0.6) is 0 Å². The molecule has 0 radical (unpaired) electrons. The Bertz CT molecular complexity index is 839. The Morgan fingerprint density at radius 1 is 1.10 bits per heavy atom. The summed E-state index contributed by atoms with van der Waals surface area (Å²) in [6, 6.07) is 11.0. The molecule has 2 aromatic heterocycles. The van der Waals surface area contributed by atoms with E-state index in [1.807, 2.05) is 31.2 Å². The van der Waals surface area contributed by atoms with Crippen LogP contribution in [0.15, 0.2) is 45.6 Å². The molecule has 0 spiro atoms. The predicted molar refractivity (Wildman–Crippen MR) is 79.7 cm³/mol. The molecular weight excluding hydrogens is 268 g/mol. The zero-order valence-corrected chi connectivity index (χ0v) is 11.8. The summed E-state index contributed by atoms with van der Waals surface area (Å²) >= 11 is 0. The molecule has 5 nitrogen and oxygen atoms in total. The van der Waals surface area contributed by atoms with E-state index in [4.69, 9.17) is 4.42 Å². The van der Waals surface area contributed by atoms with Crippen molar-refractivity contribution in [1.82, 2.24) is 9.13 Å². The summed E-state index contributed by atoms with van der Waals surface area (Å²) in [5, 5.41) is 0. The molecule has 0 unspecified atom stereocenters. The monoisotopic (exact) mass is 284 g/mol. The summed E-state index contributed by atoms with van der Waals surface area (Å²) in [4.78, 5) is 23.2. The number of carbonyl (C=O) groups is 1. The molecule has 0 aliphatic rings. The molecule has 0 saturated carbocycles. The van der Waals surface area contributed by atoms with E-state index < -0.39 is 0 Å². The average molecular weight is 284 g/mol. The normalized spacial score (nSPS) is 11.1. The van der Waals surface area contributed by atoms with E-state index in [0.717, 1.165) is 17.5 Å². The van der Waals surface area contributed by atoms with Gasteiger partial charge in [0.05, 0.1) is 17.6 Å². The highest BCUT2D eigenvalue weighted by Gasteiger charge is 2.13. The number of rotatable bonds is 5. The number of aldehydes is 1. The lowest BCUT2D eigenvalue weighted by atomic mass is 10.3. The number of para-hydroxylation sites is 2. The fourth-order valence-electron chi connectivity index (χ4n) is 2.56. The molecule has 0 amide bonds. The minimum Gasteiger partial charge on any atom is -0.456 e. The van der Waals surface area contributed by atoms with Crippen molar-refractivity contribution in [2.75, 3.05) is 0 Å². The number of fused-ring (bicyclic) bond motifs is 1. The molecule has 0 N–H and O–H groups in total. The number of furan rings is 1. The number of aryl methyl sites for hydroxylation is 1. The van der Waals surface area contributed by atoms with Crippen molar-refractivity contribution in [2.45, 2.75) is 26.4 Å². The van der Waals surface area contributed by atoms with Gasteiger partial charge in [0.1, 0.15) is 5.76 Å². The van der Waals surface area contributed by atoms with Gasteiger partial charge in [0.25, 0.3) is 0 Å². The minimum atomic E-state index is -0.0536. The molecule has 5 heteroatoms. The van der Waals surface area contributed by atoms with Crippen molar-refractivity contribution < 1.29 is 9.21 Å². The van der Waals surface area contributed by atoms with E-state index >= 15 is 0 Å². The van der Waals surface area contributed by atoms with Gasteiger partial charge in [0.15, 0.2) is 12.0 Å². The smallest absolute Gasteiger partial charge is 0.329 e. The largest absolute Gasteiger partial charge is 0.456 e. The number of carbonyl (C=O) groups excluding carboxylic acids is 1. The van der Waals surface area contributed by atoms with Crippen molar-refractivity contribution >= 4 is 17.3 Å². The Hall–Kier alpha value is -2.56. The summed E-state index contributed by atoms with van der Waals surface area (Å²) in [5.41, 5.74) is 1.74. The molecule has 21 heavy (non-hydrogen) atoms. The van der Waals surface area contributed by atoms with Crippen LogP contribution in [0.2, 0.25) is 0 Å². The zero-order valence-electron chi connectivity index (χ0n) is 11.8. The molecule has 0 aliphatic carbocycles. The second-order valence-electron chi connectivity index (χ2n) is 4.93. The molecule has 3 aromatic rings. The van der Waals surface area contributed by atoms with Crippen molar-refractivity contribution in [3.05, 3.63) is 58.4 Å². The quantitative estimate of drug-likeness (QED) is 0.677. The molecule has 108 valence electrons. The van der Waals surface area contributed by atoms with E-state index in [1.54, 1.807) is 21.3 Å². The fourth-order valence-corrected chi connectivity index (χ4v) is 2.56. The van der Waals surface area contributed by atoms with Crippen molar-refractivity contribution in [3.63, 3.8) is 0 Å². The molecule has 0 fully saturated rings. The molecule has 0 aliphatic heterocycles. The first-order valence-corrected chi connectivity index (χ1v) is 6.96. The molecule has 0 bridgehead atoms. The molecule has 1 aromatic carbocycles. The van der Waals surface area contributed by atoms with Crippen molar-refractivity contribution in [3.8, 4) is 0 Å². The summed E-state index contributed by atoms with van der Waals surface area (Å²) in [7, 11) is 0. The summed E-state index contributed by atoms with van der Waals surface area (Å²) < 4.78 is 8.83. The van der Waals surface area contributed by atoms with Crippen molar-refractivity contribution in [2.24, 2.45) is 0 Å². The standard InChI is InChI=1S/C16H16N2O3/c1-2-9-17-14-5-3-4-6-15(14)18(16(17)20)10-12-7-8-13(11-19)21-12/h3-8,11H,2,9-10H2,1H3. The predicted octanol–water partition coefficient (Wildman–Crippen LogP) is 2.67. The van der Waals surface area contributed by atoms with Crippen LogP contribution in [0.3, 0.4) is 0 Å². The van der Waals surface area contributed by atoms with Crippen LogP contribution in [0, 0.1) is 0 Å². The van der Waals surface area contributed by atoms with Gasteiger partial charge < -0.3 is 4.42 Å². The lowest BCUT2D eigenvalue weighted by Crippen LogP contribution is -2.24. The Kier molecular flexibility index (Phi) is 3.48. The third-order valence-corrected chi connectivity index (χ3v) is 3.48. The van der Waals surface area contributed by atoms with Crippen LogP contribution in [0.25, 0.3) is 11.0 Å². The first kappa shape index (κ1) is 13.4. The highest BCUT2D eigenvalue weighted by atomic mass is 16.3. The van der Waals surface area contributed by atoms with Crippen LogP contribution in [-0.2, 0) is 13.1 Å². The maximum atomic E-state index is 12.6. The summed E-state index contributed by atoms with van der Waals surface area (Å²) in [6.45, 7) is 3.05. The molecule has 2 heterocycles. The summed E-state index contributed by atoms with van der Waals surface area (Å²) in [6.07, 6.45) is 1.55. The highest BCUT2D eigenvalue weighted by molar-refractivity contribution is 5.76. The average Bonchev–Trinajstić information content (AvgIpc) is 3.06. The van der Waals surface area contributed by atoms with Gasteiger partial charge in [0.2, 0.25) is 0 Å². The van der Waals surface area contributed by atoms with Gasteiger partial charge in [-0.2, -0.15) is 0 Å². The van der Waals surface area contributed by atoms with Gasteiger partial charge in [-0.1, -0.05) is 19.1 Å². The van der Waals surface area contributed by atoms with Gasteiger partial charge in [-0.05, 0) is 30.7 Å². The SMILES string of the molecule is CCCn1c(=O)n(Cc2ccc(C=O)o2)c2ccccc21. The third-order valence-electron chi connectivity index (χ3n) is 3.48. The highest BCUT2D eigenvalue weighted by Crippen LogP contribution is 2.15. The maximum absolute atomic E-state index is 12.6. The Balaban J connectivity index is 2.11. The van der Waals surface area contributed by atoms with Crippen LogP contribution in [0.4, 0.5) is 0 Å². The van der Waals surface area contributed by atoms with Crippen LogP contribution in [0.1, 0.15) is 29.7 Å². The number of aromatic nitrogens is 2. The number of hydrogen-bond acceptors (Lipinski definition) is 3. The van der Waals surface area contributed by atoms with Gasteiger partial charge in [-0.25, -0.2) is 4.79 Å². The van der Waals surface area contributed by atoms with Gasteiger partial charge in [0, 0.05) is 6.54 Å². The van der Waals surface area contributed by atoms with Crippen molar-refractivity contribution in [1.29, 1.82) is 0 Å². The van der Waals surface area contributed by atoms with E-state index in [9.17, 15) is 9.59 Å². The van der Waals surface area contributed by atoms with Crippen LogP contribution >= 0.6 is 0 Å². The van der Waals surface area contributed by atoms with Gasteiger partial charge in [-0.15, -0.1) is 0 Å². The lowest BCUT2D eigenvalue weighted by molar-refractivity contribution is 0.109. The first-order chi connectivity index (χ1) is 10.2. The fraction of sp³-hybridized carbons (Fsp3) is 0.250. The molecule has 0 atom stereocenters. The minimum absolute atomic E-state index is 0.0536. The first-order valence-electron chi connectivity index (χ1n) is 6.96. The molecule has 3 rings (SSSR count). The molecular formula is C16H16N2O3.